The lowest BCUT2D eigenvalue weighted by Gasteiger charge is -2.03. The van der Waals surface area contributed by atoms with Gasteiger partial charge in [0.25, 0.3) is 0 Å². The Labute approximate surface area is 84.9 Å². The predicted molar refractivity (Wildman–Crippen MR) is 50.6 cm³/mol. The number of hydrogen-bond donors (Lipinski definition) is 0. The van der Waals surface area contributed by atoms with E-state index >= 15 is 0 Å². The molecule has 0 heterocycles. The number of halogens is 2. The summed E-state index contributed by atoms with van der Waals surface area (Å²) in [6.07, 6.45) is 0. The summed E-state index contributed by atoms with van der Waals surface area (Å²) in [6.45, 7) is 0. The highest BCUT2D eigenvalue weighted by Gasteiger charge is 2.13. The molecule has 13 heavy (non-hydrogen) atoms. The summed E-state index contributed by atoms with van der Waals surface area (Å²) in [5.41, 5.74) is 0.378. The fraction of sp³-hybridized carbons (Fsp3) is 0.125. The minimum absolute atomic E-state index is 0.277. The number of benzene rings is 1. The summed E-state index contributed by atoms with van der Waals surface area (Å²) in [5, 5.41) is 11.9. The van der Waals surface area contributed by atoms with Gasteiger partial charge in [-0.2, -0.15) is 5.26 Å². The molecule has 0 aliphatic carbocycles. The van der Waals surface area contributed by atoms with E-state index in [-0.39, 0.29) is 5.02 Å². The second-order valence-electron chi connectivity index (χ2n) is 2.30. The third-order valence-electron chi connectivity index (χ3n) is 1.48. The first-order chi connectivity index (χ1) is 6.19. The van der Waals surface area contributed by atoms with Crippen LogP contribution in [0.1, 0.15) is 11.6 Å². The average Bonchev–Trinajstić information content (AvgIpc) is 2.10. The number of nitroso groups, excluding NO2 is 1. The molecular weight excluding hydrogens is 211 g/mol. The maximum absolute atomic E-state index is 10.2. The van der Waals surface area contributed by atoms with E-state index in [1.54, 1.807) is 12.1 Å². The van der Waals surface area contributed by atoms with Crippen molar-refractivity contribution in [2.45, 2.75) is 6.04 Å². The molecule has 1 aromatic carbocycles. The Balaban J connectivity index is 3.16. The molecular formula is C8H4Cl2N2O. The molecule has 3 nitrogen and oxygen atoms in total. The minimum atomic E-state index is -1.07. The molecule has 0 fully saturated rings. The molecule has 0 spiro atoms. The summed E-state index contributed by atoms with van der Waals surface area (Å²) >= 11 is 11.4. The van der Waals surface area contributed by atoms with Crippen LogP contribution < -0.4 is 0 Å². The van der Waals surface area contributed by atoms with Crippen LogP contribution in [0, 0.1) is 16.2 Å². The molecule has 0 N–H and O–H groups in total. The predicted octanol–water partition coefficient (Wildman–Crippen LogP) is 3.32. The van der Waals surface area contributed by atoms with Gasteiger partial charge in [-0.25, -0.2) is 0 Å². The topological polar surface area (TPSA) is 53.2 Å². The highest BCUT2D eigenvalue weighted by molar-refractivity contribution is 6.35. The maximum atomic E-state index is 10.2. The largest absolute Gasteiger partial charge is 0.204 e. The van der Waals surface area contributed by atoms with Gasteiger partial charge in [0.15, 0.2) is 0 Å². The third-order valence-corrected chi connectivity index (χ3v) is 2.05. The van der Waals surface area contributed by atoms with Crippen molar-refractivity contribution in [1.82, 2.24) is 0 Å². The van der Waals surface area contributed by atoms with Gasteiger partial charge in [-0.15, -0.1) is 4.91 Å². The molecule has 0 aliphatic rings. The lowest BCUT2D eigenvalue weighted by Crippen LogP contribution is -1.91. The molecule has 66 valence electrons. The Kier molecular flexibility index (Phi) is 3.24. The van der Waals surface area contributed by atoms with Crippen molar-refractivity contribution in [3.8, 4) is 6.07 Å². The summed E-state index contributed by atoms with van der Waals surface area (Å²) in [6, 6.07) is 5.19. The maximum Gasteiger partial charge on any atom is 0.204 e. The van der Waals surface area contributed by atoms with Crippen LogP contribution in [0.15, 0.2) is 23.4 Å². The van der Waals surface area contributed by atoms with Gasteiger partial charge in [-0.3, -0.25) is 0 Å². The Morgan fingerprint density at radius 3 is 2.62 bits per heavy atom. The molecule has 0 aromatic heterocycles. The average molecular weight is 215 g/mol. The van der Waals surface area contributed by atoms with E-state index in [0.29, 0.717) is 10.6 Å². The summed E-state index contributed by atoms with van der Waals surface area (Å²) in [5.74, 6) is 0. The highest BCUT2D eigenvalue weighted by Crippen LogP contribution is 2.27. The van der Waals surface area contributed by atoms with Crippen LogP contribution in [-0.4, -0.2) is 0 Å². The van der Waals surface area contributed by atoms with E-state index in [1.165, 1.54) is 12.1 Å². The molecule has 1 rings (SSSR count). The van der Waals surface area contributed by atoms with Crippen LogP contribution in [0.4, 0.5) is 0 Å². The van der Waals surface area contributed by atoms with Gasteiger partial charge in [-0.05, 0) is 17.3 Å². The standard InChI is InChI=1S/C8H4Cl2N2O/c9-5-1-2-6(7(10)3-5)8(4-11)12-13/h1-3,8H. The quantitative estimate of drug-likeness (QED) is 0.710. The molecule has 0 aliphatic heterocycles. The molecule has 1 aromatic rings. The van der Waals surface area contributed by atoms with Crippen LogP contribution in [0.5, 0.6) is 0 Å². The van der Waals surface area contributed by atoms with Crippen molar-refractivity contribution in [3.05, 3.63) is 38.7 Å². The summed E-state index contributed by atoms with van der Waals surface area (Å²) < 4.78 is 0. The lowest BCUT2D eigenvalue weighted by atomic mass is 10.1. The molecule has 0 amide bonds. The molecule has 1 unspecified atom stereocenters. The fourth-order valence-electron chi connectivity index (χ4n) is 0.873. The number of nitriles is 1. The van der Waals surface area contributed by atoms with E-state index in [1.807, 2.05) is 0 Å². The van der Waals surface area contributed by atoms with Crippen LogP contribution in [0.25, 0.3) is 0 Å². The van der Waals surface area contributed by atoms with E-state index in [2.05, 4.69) is 5.18 Å². The normalized spacial score (nSPS) is 11.8. The molecule has 0 saturated heterocycles. The van der Waals surface area contributed by atoms with Crippen molar-refractivity contribution in [3.63, 3.8) is 0 Å². The van der Waals surface area contributed by atoms with Gasteiger partial charge in [0.1, 0.15) is 0 Å². The van der Waals surface area contributed by atoms with Crippen molar-refractivity contribution < 1.29 is 0 Å². The highest BCUT2D eigenvalue weighted by atomic mass is 35.5. The lowest BCUT2D eigenvalue weighted by molar-refractivity contribution is 0.917. The monoisotopic (exact) mass is 214 g/mol. The van der Waals surface area contributed by atoms with Crippen molar-refractivity contribution in [2.24, 2.45) is 5.18 Å². The molecule has 5 heteroatoms. The van der Waals surface area contributed by atoms with Gasteiger partial charge in [-0.1, -0.05) is 29.3 Å². The smallest absolute Gasteiger partial charge is 0.195 e. The van der Waals surface area contributed by atoms with Gasteiger partial charge in [0.05, 0.1) is 6.07 Å². The van der Waals surface area contributed by atoms with Crippen LogP contribution >= 0.6 is 23.2 Å². The van der Waals surface area contributed by atoms with Crippen molar-refractivity contribution in [2.75, 3.05) is 0 Å². The van der Waals surface area contributed by atoms with E-state index < -0.39 is 6.04 Å². The zero-order valence-corrected chi connectivity index (χ0v) is 7.88. The zero-order chi connectivity index (χ0) is 9.84. The van der Waals surface area contributed by atoms with Crippen molar-refractivity contribution in [1.29, 1.82) is 5.26 Å². The Hall–Kier alpha value is -1.11. The SMILES string of the molecule is N#CC(N=O)c1ccc(Cl)cc1Cl. The van der Waals surface area contributed by atoms with Gasteiger partial charge >= 0.3 is 0 Å². The number of rotatable bonds is 2. The van der Waals surface area contributed by atoms with Gasteiger partial charge < -0.3 is 0 Å². The molecule has 0 bridgehead atoms. The van der Waals surface area contributed by atoms with Crippen LogP contribution in [0.3, 0.4) is 0 Å². The van der Waals surface area contributed by atoms with Crippen LogP contribution in [0.2, 0.25) is 10.0 Å². The second-order valence-corrected chi connectivity index (χ2v) is 3.15. The molecule has 0 radical (unpaired) electrons. The van der Waals surface area contributed by atoms with Crippen molar-refractivity contribution >= 4 is 23.2 Å². The number of hydrogen-bond acceptors (Lipinski definition) is 3. The molecule has 1 atom stereocenters. The first kappa shape index (κ1) is 9.97. The number of nitrogens with zero attached hydrogens (tertiary/aromatic N) is 2. The molecule has 0 saturated carbocycles. The first-order valence-electron chi connectivity index (χ1n) is 3.36. The van der Waals surface area contributed by atoms with Gasteiger partial charge in [0.2, 0.25) is 6.04 Å². The Morgan fingerprint density at radius 1 is 1.46 bits per heavy atom. The van der Waals surface area contributed by atoms with E-state index in [4.69, 9.17) is 28.5 Å². The Bertz CT molecular complexity index is 373. The zero-order valence-electron chi connectivity index (χ0n) is 6.37. The summed E-state index contributed by atoms with van der Waals surface area (Å²) in [7, 11) is 0. The second kappa shape index (κ2) is 4.22. The fourth-order valence-corrected chi connectivity index (χ4v) is 1.38. The third kappa shape index (κ3) is 2.18. The Morgan fingerprint density at radius 2 is 2.15 bits per heavy atom. The van der Waals surface area contributed by atoms with Crippen LogP contribution in [-0.2, 0) is 0 Å². The van der Waals surface area contributed by atoms with Gasteiger partial charge in [0, 0.05) is 15.6 Å². The van der Waals surface area contributed by atoms with E-state index in [9.17, 15) is 4.91 Å². The minimum Gasteiger partial charge on any atom is -0.195 e. The summed E-state index contributed by atoms with van der Waals surface area (Å²) in [4.78, 5) is 10.2. The first-order valence-corrected chi connectivity index (χ1v) is 4.11. The van der Waals surface area contributed by atoms with E-state index in [0.717, 1.165) is 0 Å².